The number of aryl methyl sites for hydroxylation is 2. The van der Waals surface area contributed by atoms with Crippen LogP contribution < -0.4 is 5.32 Å². The molecule has 2 bridgehead atoms. The largest absolute Gasteiger partial charge is 0.353 e. The maximum Gasteiger partial charge on any atom is 0.230 e. The highest BCUT2D eigenvalue weighted by Gasteiger charge is 2.42. The zero-order valence-electron chi connectivity index (χ0n) is 16.2. The summed E-state index contributed by atoms with van der Waals surface area (Å²) in [4.78, 5) is 12.5. The average Bonchev–Trinajstić information content (AvgIpc) is 3.36. The van der Waals surface area contributed by atoms with Crippen molar-refractivity contribution in [1.82, 2.24) is 25.5 Å². The molecule has 2 aliphatic carbocycles. The van der Waals surface area contributed by atoms with Crippen molar-refractivity contribution in [2.75, 3.05) is 5.75 Å². The van der Waals surface area contributed by atoms with Crippen LogP contribution in [0.25, 0.3) is 5.69 Å². The number of nitrogens with one attached hydrogen (secondary N) is 1. The minimum Gasteiger partial charge on any atom is -0.353 e. The van der Waals surface area contributed by atoms with Crippen LogP contribution >= 0.6 is 11.8 Å². The van der Waals surface area contributed by atoms with Gasteiger partial charge in [-0.25, -0.2) is 0 Å². The number of benzene rings is 1. The topological polar surface area (TPSA) is 72.7 Å². The Morgan fingerprint density at radius 3 is 2.89 bits per heavy atom. The van der Waals surface area contributed by atoms with Crippen LogP contribution in [0.1, 0.15) is 43.7 Å². The first-order chi connectivity index (χ1) is 13.0. The fourth-order valence-corrected chi connectivity index (χ4v) is 5.60. The maximum absolute atomic E-state index is 12.5. The zero-order chi connectivity index (χ0) is 19.0. The first kappa shape index (κ1) is 18.5. The molecule has 4 rings (SSSR count). The molecule has 27 heavy (non-hydrogen) atoms. The van der Waals surface area contributed by atoms with E-state index in [0.717, 1.165) is 23.1 Å². The summed E-state index contributed by atoms with van der Waals surface area (Å²) in [6.45, 7) is 6.27. The van der Waals surface area contributed by atoms with Gasteiger partial charge < -0.3 is 5.32 Å². The monoisotopic (exact) mass is 385 g/mol. The molecule has 1 amide bonds. The highest BCUT2D eigenvalue weighted by atomic mass is 32.2. The molecule has 6 nitrogen and oxygen atoms in total. The minimum absolute atomic E-state index is 0.0606. The molecule has 1 aromatic heterocycles. The van der Waals surface area contributed by atoms with E-state index in [1.807, 2.05) is 19.1 Å². The molecule has 0 spiro atoms. The SMILES string of the molecule is Cc1ccc(-n2nnnc2SCC(=O)NC(C)C2CC3CCC2C3)c(C)c1. The number of hydrogen-bond acceptors (Lipinski definition) is 5. The summed E-state index contributed by atoms with van der Waals surface area (Å²) in [5.74, 6) is 2.76. The lowest BCUT2D eigenvalue weighted by Gasteiger charge is -2.28. The van der Waals surface area contributed by atoms with Crippen LogP contribution in [-0.2, 0) is 4.79 Å². The van der Waals surface area contributed by atoms with E-state index in [1.165, 1.54) is 43.0 Å². The van der Waals surface area contributed by atoms with Crippen LogP contribution in [-0.4, -0.2) is 37.9 Å². The smallest absolute Gasteiger partial charge is 0.230 e. The molecule has 2 saturated carbocycles. The lowest BCUT2D eigenvalue weighted by molar-refractivity contribution is -0.119. The molecule has 1 N–H and O–H groups in total. The van der Waals surface area contributed by atoms with Crippen LogP contribution in [0.3, 0.4) is 0 Å². The van der Waals surface area contributed by atoms with Gasteiger partial charge in [-0.05, 0) is 79.8 Å². The summed E-state index contributed by atoms with van der Waals surface area (Å²) in [7, 11) is 0. The second kappa shape index (κ2) is 7.62. The number of thioether (sulfide) groups is 1. The first-order valence-electron chi connectivity index (χ1n) is 9.79. The van der Waals surface area contributed by atoms with Gasteiger partial charge in [0.2, 0.25) is 11.1 Å². The lowest BCUT2D eigenvalue weighted by Crippen LogP contribution is -2.40. The number of fused-ring (bicyclic) bond motifs is 2. The van der Waals surface area contributed by atoms with E-state index in [4.69, 9.17) is 0 Å². The van der Waals surface area contributed by atoms with Crippen molar-refractivity contribution in [2.24, 2.45) is 17.8 Å². The number of rotatable bonds is 6. The van der Waals surface area contributed by atoms with Gasteiger partial charge in [0.05, 0.1) is 11.4 Å². The number of carbonyl (C=O) groups is 1. The highest BCUT2D eigenvalue weighted by molar-refractivity contribution is 7.99. The van der Waals surface area contributed by atoms with E-state index >= 15 is 0 Å². The molecule has 1 aromatic carbocycles. The first-order valence-corrected chi connectivity index (χ1v) is 10.8. The van der Waals surface area contributed by atoms with Gasteiger partial charge in [-0.15, -0.1) is 5.10 Å². The highest BCUT2D eigenvalue weighted by Crippen LogP contribution is 2.49. The number of carbonyl (C=O) groups excluding carboxylic acids is 1. The van der Waals surface area contributed by atoms with Gasteiger partial charge in [-0.3, -0.25) is 4.79 Å². The van der Waals surface area contributed by atoms with Crippen molar-refractivity contribution in [3.05, 3.63) is 29.3 Å². The van der Waals surface area contributed by atoms with Gasteiger partial charge in [-0.2, -0.15) is 4.68 Å². The Hall–Kier alpha value is -1.89. The molecular formula is C20H27N5OS. The molecule has 4 atom stereocenters. The van der Waals surface area contributed by atoms with E-state index in [1.54, 1.807) is 4.68 Å². The van der Waals surface area contributed by atoms with Gasteiger partial charge in [0.25, 0.3) is 0 Å². The number of tetrazole rings is 1. The third-order valence-electron chi connectivity index (χ3n) is 6.18. The fraction of sp³-hybridized carbons (Fsp3) is 0.600. The molecule has 144 valence electrons. The van der Waals surface area contributed by atoms with Crippen LogP contribution in [0.15, 0.2) is 23.4 Å². The van der Waals surface area contributed by atoms with Crippen LogP contribution in [0.2, 0.25) is 0 Å². The van der Waals surface area contributed by atoms with Crippen molar-refractivity contribution < 1.29 is 4.79 Å². The van der Waals surface area contributed by atoms with Crippen molar-refractivity contribution in [1.29, 1.82) is 0 Å². The summed E-state index contributed by atoms with van der Waals surface area (Å²) in [5, 5.41) is 15.9. The van der Waals surface area contributed by atoms with Crippen molar-refractivity contribution in [3.63, 3.8) is 0 Å². The quantitative estimate of drug-likeness (QED) is 0.773. The predicted octanol–water partition coefficient (Wildman–Crippen LogP) is 3.31. The Bertz CT molecular complexity index is 836. The second-order valence-corrected chi connectivity index (χ2v) is 9.09. The van der Waals surface area contributed by atoms with E-state index in [2.05, 4.69) is 40.8 Å². The van der Waals surface area contributed by atoms with Crippen molar-refractivity contribution in [3.8, 4) is 5.69 Å². The molecule has 2 fully saturated rings. The van der Waals surface area contributed by atoms with Crippen molar-refractivity contribution >= 4 is 17.7 Å². The van der Waals surface area contributed by atoms with Crippen LogP contribution in [0.4, 0.5) is 0 Å². The number of amides is 1. The summed E-state index contributed by atoms with van der Waals surface area (Å²) in [6.07, 6.45) is 5.38. The zero-order valence-corrected chi connectivity index (χ0v) is 17.0. The standard InChI is InChI=1S/C20H27N5OS/c1-12-4-7-18(13(2)8-12)25-20(22-23-24-25)27-11-19(26)21-14(3)17-10-15-5-6-16(17)9-15/h4,7-8,14-17H,5-6,9-11H2,1-3H3,(H,21,26). The molecule has 2 aromatic rings. The molecule has 7 heteroatoms. The Labute approximate surface area is 164 Å². The van der Waals surface area contributed by atoms with Crippen molar-refractivity contribution in [2.45, 2.75) is 57.7 Å². The normalized spacial score (nSPS) is 24.9. The molecule has 2 aliphatic rings. The fourth-order valence-electron chi connectivity index (χ4n) is 4.90. The predicted molar refractivity (Wildman–Crippen MR) is 106 cm³/mol. The third kappa shape index (κ3) is 3.88. The third-order valence-corrected chi connectivity index (χ3v) is 7.10. The van der Waals surface area contributed by atoms with Gasteiger partial charge >= 0.3 is 0 Å². The summed E-state index contributed by atoms with van der Waals surface area (Å²) < 4.78 is 1.71. The van der Waals surface area contributed by atoms with Gasteiger partial charge in [0, 0.05) is 6.04 Å². The summed E-state index contributed by atoms with van der Waals surface area (Å²) in [5.41, 5.74) is 3.26. The van der Waals surface area contributed by atoms with Crippen LogP contribution in [0.5, 0.6) is 0 Å². The van der Waals surface area contributed by atoms with E-state index in [-0.39, 0.29) is 11.9 Å². The van der Waals surface area contributed by atoms with E-state index in [0.29, 0.717) is 16.8 Å². The van der Waals surface area contributed by atoms with Gasteiger partial charge in [0.15, 0.2) is 0 Å². The number of hydrogen-bond donors (Lipinski definition) is 1. The Morgan fingerprint density at radius 2 is 2.19 bits per heavy atom. The number of nitrogens with zero attached hydrogens (tertiary/aromatic N) is 4. The van der Waals surface area contributed by atoms with Gasteiger partial charge in [0.1, 0.15) is 0 Å². The summed E-state index contributed by atoms with van der Waals surface area (Å²) >= 11 is 1.38. The molecular weight excluding hydrogens is 358 g/mol. The molecule has 1 heterocycles. The lowest BCUT2D eigenvalue weighted by atomic mass is 9.84. The maximum atomic E-state index is 12.5. The molecule has 4 unspecified atom stereocenters. The van der Waals surface area contributed by atoms with E-state index in [9.17, 15) is 4.79 Å². The average molecular weight is 386 g/mol. The van der Waals surface area contributed by atoms with Gasteiger partial charge in [-0.1, -0.05) is 35.9 Å². The molecule has 0 saturated heterocycles. The Morgan fingerprint density at radius 1 is 1.33 bits per heavy atom. The number of aromatic nitrogens is 4. The van der Waals surface area contributed by atoms with Crippen LogP contribution in [0, 0.1) is 31.6 Å². The molecule has 0 aliphatic heterocycles. The minimum atomic E-state index is 0.0606. The summed E-state index contributed by atoms with van der Waals surface area (Å²) in [6, 6.07) is 6.42. The second-order valence-electron chi connectivity index (χ2n) is 8.15. The van der Waals surface area contributed by atoms with E-state index < -0.39 is 0 Å². The Kier molecular flexibility index (Phi) is 5.21. The Balaban J connectivity index is 1.35. The molecule has 0 radical (unpaired) electrons.